The molecule has 2 aliphatic heterocycles. The number of nitrogens with zero attached hydrogens (tertiary/aromatic N) is 2. The topological polar surface area (TPSA) is 96.0 Å². The number of methoxy groups -OCH3 is 1. The summed E-state index contributed by atoms with van der Waals surface area (Å²) in [6.45, 7) is 2.22. The SMILES string of the molecule is COC(=O)CC(NC(=O)CCCN1C(=O)c2ccccc2N2C(=O)CCC12C)c1ccc(Cl)cc1. The minimum atomic E-state index is -0.754. The van der Waals surface area contributed by atoms with Gasteiger partial charge in [0.1, 0.15) is 5.66 Å². The molecule has 184 valence electrons. The van der Waals surface area contributed by atoms with Crippen molar-refractivity contribution < 1.29 is 23.9 Å². The van der Waals surface area contributed by atoms with Crippen molar-refractivity contribution >= 4 is 41.0 Å². The van der Waals surface area contributed by atoms with E-state index in [1.165, 1.54) is 7.11 Å². The number of fused-ring (bicyclic) bond motifs is 3. The first-order valence-electron chi connectivity index (χ1n) is 11.6. The Hall–Kier alpha value is -3.39. The Balaban J connectivity index is 1.43. The molecule has 9 heteroatoms. The van der Waals surface area contributed by atoms with E-state index in [1.807, 2.05) is 13.0 Å². The van der Waals surface area contributed by atoms with Crippen molar-refractivity contribution in [2.75, 3.05) is 18.6 Å². The number of hydrogen-bond donors (Lipinski definition) is 1. The first-order chi connectivity index (χ1) is 16.7. The fourth-order valence-electron chi connectivity index (χ4n) is 4.90. The lowest BCUT2D eigenvalue weighted by Crippen LogP contribution is -2.62. The molecule has 3 amide bonds. The van der Waals surface area contributed by atoms with Crippen LogP contribution in [0, 0.1) is 0 Å². The molecule has 0 aromatic heterocycles. The number of para-hydroxylation sites is 1. The van der Waals surface area contributed by atoms with E-state index >= 15 is 0 Å². The van der Waals surface area contributed by atoms with E-state index in [2.05, 4.69) is 5.32 Å². The summed E-state index contributed by atoms with van der Waals surface area (Å²) in [6, 6.07) is 13.5. The van der Waals surface area contributed by atoms with Gasteiger partial charge in [-0.15, -0.1) is 0 Å². The molecule has 8 nitrogen and oxygen atoms in total. The average Bonchev–Trinajstić information content (AvgIpc) is 3.16. The maximum atomic E-state index is 13.3. The van der Waals surface area contributed by atoms with Crippen LogP contribution in [0.1, 0.15) is 61.0 Å². The minimum absolute atomic E-state index is 0.0104. The quantitative estimate of drug-likeness (QED) is 0.559. The van der Waals surface area contributed by atoms with Gasteiger partial charge in [0.25, 0.3) is 5.91 Å². The zero-order valence-corrected chi connectivity index (χ0v) is 20.5. The zero-order valence-electron chi connectivity index (χ0n) is 19.8. The molecule has 4 rings (SSSR count). The average molecular weight is 498 g/mol. The lowest BCUT2D eigenvalue weighted by atomic mass is 9.97. The molecule has 0 spiro atoms. The van der Waals surface area contributed by atoms with Crippen LogP contribution in [-0.2, 0) is 19.1 Å². The standard InChI is InChI=1S/C26H28ClN3O5/c1-26-14-13-23(32)30(26)21-7-4-3-6-19(21)25(34)29(26)15-5-8-22(31)28-20(16-24(33)35-2)17-9-11-18(27)12-10-17/h3-4,6-7,9-12,20H,5,8,13-16H2,1-2H3,(H,28,31). The maximum absolute atomic E-state index is 13.3. The van der Waals surface area contributed by atoms with Crippen LogP contribution < -0.4 is 10.2 Å². The van der Waals surface area contributed by atoms with E-state index in [-0.39, 0.29) is 30.6 Å². The molecule has 2 aromatic carbocycles. The van der Waals surface area contributed by atoms with Crippen LogP contribution in [0.3, 0.4) is 0 Å². The number of ether oxygens (including phenoxy) is 1. The molecule has 1 saturated heterocycles. The van der Waals surface area contributed by atoms with Crippen LogP contribution in [0.4, 0.5) is 5.69 Å². The zero-order chi connectivity index (χ0) is 25.2. The molecule has 0 radical (unpaired) electrons. The van der Waals surface area contributed by atoms with Crippen molar-refractivity contribution in [1.82, 2.24) is 10.2 Å². The van der Waals surface area contributed by atoms with Gasteiger partial charge >= 0.3 is 5.97 Å². The molecular formula is C26H28ClN3O5. The molecule has 0 bridgehead atoms. The molecule has 2 heterocycles. The van der Waals surface area contributed by atoms with Crippen LogP contribution >= 0.6 is 11.6 Å². The molecule has 1 N–H and O–H groups in total. The number of carbonyl (C=O) groups is 4. The highest BCUT2D eigenvalue weighted by Gasteiger charge is 2.52. The van der Waals surface area contributed by atoms with Gasteiger partial charge in [0, 0.05) is 24.4 Å². The summed E-state index contributed by atoms with van der Waals surface area (Å²) < 4.78 is 4.78. The Morgan fingerprint density at radius 3 is 2.57 bits per heavy atom. The first kappa shape index (κ1) is 24.7. The second-order valence-corrected chi connectivity index (χ2v) is 9.41. The highest BCUT2D eigenvalue weighted by atomic mass is 35.5. The third-order valence-corrected chi connectivity index (χ3v) is 6.99. The summed E-state index contributed by atoms with van der Waals surface area (Å²) in [5.41, 5.74) is 1.12. The largest absolute Gasteiger partial charge is 0.469 e. The Morgan fingerprint density at radius 1 is 1.14 bits per heavy atom. The summed E-state index contributed by atoms with van der Waals surface area (Å²) in [6.07, 6.45) is 1.45. The number of carbonyl (C=O) groups excluding carboxylic acids is 4. The van der Waals surface area contributed by atoms with E-state index in [1.54, 1.807) is 52.3 Å². The van der Waals surface area contributed by atoms with Gasteiger partial charge in [-0.25, -0.2) is 0 Å². The summed E-state index contributed by atoms with van der Waals surface area (Å²) >= 11 is 5.96. The van der Waals surface area contributed by atoms with Gasteiger partial charge in [0.2, 0.25) is 11.8 Å². The number of anilines is 1. The molecule has 0 saturated carbocycles. The van der Waals surface area contributed by atoms with E-state index in [9.17, 15) is 19.2 Å². The Bertz CT molecular complexity index is 1150. The fourth-order valence-corrected chi connectivity index (χ4v) is 5.03. The molecule has 2 unspecified atom stereocenters. The minimum Gasteiger partial charge on any atom is -0.469 e. The monoisotopic (exact) mass is 497 g/mol. The summed E-state index contributed by atoms with van der Waals surface area (Å²) in [7, 11) is 1.30. The van der Waals surface area contributed by atoms with Crippen LogP contribution in [0.2, 0.25) is 5.02 Å². The number of nitrogens with one attached hydrogen (secondary N) is 1. The number of hydrogen-bond acceptors (Lipinski definition) is 5. The van der Waals surface area contributed by atoms with Crippen molar-refractivity contribution in [3.05, 3.63) is 64.7 Å². The number of rotatable bonds is 8. The van der Waals surface area contributed by atoms with E-state index in [4.69, 9.17) is 16.3 Å². The highest BCUT2D eigenvalue weighted by Crippen LogP contribution is 2.44. The van der Waals surface area contributed by atoms with Gasteiger partial charge in [-0.1, -0.05) is 35.9 Å². The molecule has 35 heavy (non-hydrogen) atoms. The number of halogens is 1. The predicted octanol–water partition coefficient (Wildman–Crippen LogP) is 3.84. The second-order valence-electron chi connectivity index (χ2n) is 8.98. The van der Waals surface area contributed by atoms with Gasteiger partial charge in [-0.05, 0) is 49.6 Å². The van der Waals surface area contributed by atoms with E-state index in [0.29, 0.717) is 42.1 Å². The maximum Gasteiger partial charge on any atom is 0.307 e. The predicted molar refractivity (Wildman–Crippen MR) is 131 cm³/mol. The van der Waals surface area contributed by atoms with Crippen molar-refractivity contribution in [3.8, 4) is 0 Å². The van der Waals surface area contributed by atoms with Gasteiger partial charge < -0.3 is 15.0 Å². The molecule has 2 atom stereocenters. The Kier molecular flexibility index (Phi) is 7.12. The van der Waals surface area contributed by atoms with E-state index < -0.39 is 17.7 Å². The summed E-state index contributed by atoms with van der Waals surface area (Å²) in [5.74, 6) is -0.840. The van der Waals surface area contributed by atoms with Crippen LogP contribution in [-0.4, -0.2) is 47.9 Å². The van der Waals surface area contributed by atoms with E-state index in [0.717, 1.165) is 5.56 Å². The third kappa shape index (κ3) is 4.89. The molecular weight excluding hydrogens is 470 g/mol. The van der Waals surface area contributed by atoms with Crippen molar-refractivity contribution in [3.63, 3.8) is 0 Å². The van der Waals surface area contributed by atoms with Crippen molar-refractivity contribution in [2.24, 2.45) is 0 Å². The van der Waals surface area contributed by atoms with Crippen molar-refractivity contribution in [1.29, 1.82) is 0 Å². The highest BCUT2D eigenvalue weighted by molar-refractivity contribution is 6.30. The summed E-state index contributed by atoms with van der Waals surface area (Å²) in [4.78, 5) is 54.1. The molecule has 0 aliphatic carbocycles. The molecule has 2 aliphatic rings. The van der Waals surface area contributed by atoms with Crippen LogP contribution in [0.5, 0.6) is 0 Å². The van der Waals surface area contributed by atoms with Crippen LogP contribution in [0.15, 0.2) is 48.5 Å². The normalized spacial score (nSPS) is 19.7. The lowest BCUT2D eigenvalue weighted by Gasteiger charge is -2.48. The molecule has 1 fully saturated rings. The third-order valence-electron chi connectivity index (χ3n) is 6.74. The second kappa shape index (κ2) is 10.1. The number of esters is 1. The Morgan fingerprint density at radius 2 is 1.86 bits per heavy atom. The number of benzene rings is 2. The van der Waals surface area contributed by atoms with Gasteiger partial charge in [0.05, 0.1) is 30.8 Å². The van der Waals surface area contributed by atoms with Crippen LogP contribution in [0.25, 0.3) is 0 Å². The van der Waals surface area contributed by atoms with Gasteiger partial charge in [-0.2, -0.15) is 0 Å². The van der Waals surface area contributed by atoms with Gasteiger partial charge in [0.15, 0.2) is 0 Å². The smallest absolute Gasteiger partial charge is 0.307 e. The first-order valence-corrected chi connectivity index (χ1v) is 12.0. The van der Waals surface area contributed by atoms with Gasteiger partial charge in [-0.3, -0.25) is 24.1 Å². The summed E-state index contributed by atoms with van der Waals surface area (Å²) in [5, 5.41) is 3.45. The fraction of sp³-hybridized carbons (Fsp3) is 0.385. The number of amides is 3. The molecule has 2 aromatic rings. The van der Waals surface area contributed by atoms with Crippen molar-refractivity contribution in [2.45, 2.75) is 50.7 Å². The lowest BCUT2D eigenvalue weighted by molar-refractivity contribution is -0.141. The Labute approximate surface area is 209 Å².